The van der Waals surface area contributed by atoms with Gasteiger partial charge in [-0.15, -0.1) is 10.2 Å². The van der Waals surface area contributed by atoms with Crippen LogP contribution in [0.3, 0.4) is 0 Å². The minimum absolute atomic E-state index is 0.0736. The van der Waals surface area contributed by atoms with E-state index >= 15 is 0 Å². The van der Waals surface area contributed by atoms with E-state index in [0.717, 1.165) is 10.0 Å². The van der Waals surface area contributed by atoms with Gasteiger partial charge in [-0.1, -0.05) is 60.4 Å². The first-order chi connectivity index (χ1) is 14.1. The molecule has 0 radical (unpaired) electrons. The summed E-state index contributed by atoms with van der Waals surface area (Å²) in [6.45, 7) is 6.52. The van der Waals surface area contributed by atoms with Gasteiger partial charge in [0.15, 0.2) is 6.61 Å². The zero-order valence-electron chi connectivity index (χ0n) is 17.3. The van der Waals surface area contributed by atoms with Crippen molar-refractivity contribution in [3.05, 3.63) is 63.4 Å². The van der Waals surface area contributed by atoms with E-state index in [4.69, 9.17) is 20.8 Å². The Morgan fingerprint density at radius 2 is 1.87 bits per heavy atom. The van der Waals surface area contributed by atoms with Crippen LogP contribution in [0.2, 0.25) is 5.02 Å². The number of rotatable bonds is 6. The fourth-order valence-electron chi connectivity index (χ4n) is 2.68. The van der Waals surface area contributed by atoms with Gasteiger partial charge < -0.3 is 14.1 Å². The molecule has 3 aromatic rings. The Kier molecular flexibility index (Phi) is 6.83. The third-order valence-electron chi connectivity index (χ3n) is 4.51. The van der Waals surface area contributed by atoms with Crippen molar-refractivity contribution >= 4 is 33.4 Å². The lowest BCUT2D eigenvalue weighted by molar-refractivity contribution is -0.132. The van der Waals surface area contributed by atoms with Crippen molar-refractivity contribution in [1.82, 2.24) is 15.1 Å². The molecule has 0 saturated carbocycles. The number of hydrogen-bond donors (Lipinski definition) is 0. The van der Waals surface area contributed by atoms with E-state index in [-0.39, 0.29) is 24.5 Å². The first-order valence-electron chi connectivity index (χ1n) is 9.38. The maximum absolute atomic E-state index is 12.4. The first-order valence-corrected chi connectivity index (χ1v) is 10.6. The number of amides is 1. The van der Waals surface area contributed by atoms with E-state index in [2.05, 4.69) is 59.0 Å². The molecule has 0 unspecified atom stereocenters. The highest BCUT2D eigenvalue weighted by molar-refractivity contribution is 9.10. The lowest BCUT2D eigenvalue weighted by atomic mass is 9.87. The fraction of sp³-hybridized carbons (Fsp3) is 0.318. The Morgan fingerprint density at radius 3 is 2.50 bits per heavy atom. The van der Waals surface area contributed by atoms with Crippen molar-refractivity contribution in [2.24, 2.45) is 0 Å². The fourth-order valence-corrected chi connectivity index (χ4v) is 3.41. The van der Waals surface area contributed by atoms with E-state index in [9.17, 15) is 4.79 Å². The molecule has 0 spiro atoms. The van der Waals surface area contributed by atoms with Gasteiger partial charge in [-0.3, -0.25) is 4.79 Å². The number of likely N-dealkylation sites (N-methyl/N-ethyl adjacent to an activating group) is 1. The number of aromatic nitrogens is 2. The van der Waals surface area contributed by atoms with Gasteiger partial charge in [-0.05, 0) is 41.3 Å². The molecular weight excluding hydrogens is 470 g/mol. The maximum atomic E-state index is 12.4. The highest BCUT2D eigenvalue weighted by Gasteiger charge is 2.17. The minimum atomic E-state index is -0.233. The van der Waals surface area contributed by atoms with E-state index in [1.165, 1.54) is 10.5 Å². The first kappa shape index (κ1) is 22.3. The van der Waals surface area contributed by atoms with E-state index < -0.39 is 0 Å². The summed E-state index contributed by atoms with van der Waals surface area (Å²) in [6, 6.07) is 13.2. The Balaban J connectivity index is 1.58. The van der Waals surface area contributed by atoms with Crippen LogP contribution in [0, 0.1) is 0 Å². The third kappa shape index (κ3) is 5.61. The molecule has 0 aliphatic carbocycles. The summed E-state index contributed by atoms with van der Waals surface area (Å²) < 4.78 is 12.1. The Morgan fingerprint density at radius 1 is 1.17 bits per heavy atom. The average Bonchev–Trinajstić information content (AvgIpc) is 3.15. The second-order valence-corrected chi connectivity index (χ2v) is 9.26. The van der Waals surface area contributed by atoms with Gasteiger partial charge in [0, 0.05) is 17.1 Å². The van der Waals surface area contributed by atoms with Crippen LogP contribution < -0.4 is 4.74 Å². The Bertz CT molecular complexity index is 1030. The van der Waals surface area contributed by atoms with Crippen molar-refractivity contribution in [3.63, 3.8) is 0 Å². The summed E-state index contributed by atoms with van der Waals surface area (Å²) in [5, 5.41) is 8.58. The third-order valence-corrected chi connectivity index (χ3v) is 5.30. The molecule has 0 bridgehead atoms. The molecule has 30 heavy (non-hydrogen) atoms. The van der Waals surface area contributed by atoms with Gasteiger partial charge in [0.05, 0.1) is 11.6 Å². The Labute approximate surface area is 189 Å². The molecule has 1 amide bonds. The summed E-state index contributed by atoms with van der Waals surface area (Å²) in [7, 11) is 1.65. The van der Waals surface area contributed by atoms with Gasteiger partial charge in [0.2, 0.25) is 11.8 Å². The SMILES string of the molecule is CN(Cc1nnc(-c2ccc(C(C)(C)C)cc2)o1)C(=O)COc1ccc(Br)cc1Cl. The molecule has 1 aromatic heterocycles. The average molecular weight is 493 g/mol. The smallest absolute Gasteiger partial charge is 0.260 e. The number of benzene rings is 2. The standard InChI is InChI=1S/C22H23BrClN3O3/c1-22(2,3)15-7-5-14(6-8-15)21-26-25-19(30-21)12-27(4)20(28)13-29-18-10-9-16(23)11-17(18)24/h5-11H,12-13H2,1-4H3. The largest absolute Gasteiger partial charge is 0.482 e. The van der Waals surface area contributed by atoms with Gasteiger partial charge in [-0.25, -0.2) is 0 Å². The summed E-state index contributed by atoms with van der Waals surface area (Å²) >= 11 is 9.43. The molecule has 6 nitrogen and oxygen atoms in total. The molecule has 0 aliphatic rings. The van der Waals surface area contributed by atoms with Crippen LogP contribution in [0.25, 0.3) is 11.5 Å². The van der Waals surface area contributed by atoms with Crippen molar-refractivity contribution in [2.75, 3.05) is 13.7 Å². The van der Waals surface area contributed by atoms with Crippen LogP contribution in [-0.4, -0.2) is 34.7 Å². The molecule has 2 aromatic carbocycles. The number of hydrogen-bond acceptors (Lipinski definition) is 5. The number of ether oxygens (including phenoxy) is 1. The number of carbonyl (C=O) groups is 1. The minimum Gasteiger partial charge on any atom is -0.482 e. The molecule has 8 heteroatoms. The molecule has 0 aliphatic heterocycles. The van der Waals surface area contributed by atoms with E-state index in [0.29, 0.717) is 22.6 Å². The summed E-state index contributed by atoms with van der Waals surface area (Å²) in [5.74, 6) is 0.982. The highest BCUT2D eigenvalue weighted by Crippen LogP contribution is 2.28. The predicted molar refractivity (Wildman–Crippen MR) is 120 cm³/mol. The number of carbonyl (C=O) groups excluding carboxylic acids is 1. The van der Waals surface area contributed by atoms with Crippen LogP contribution in [0.15, 0.2) is 51.4 Å². The summed E-state index contributed by atoms with van der Waals surface area (Å²) in [4.78, 5) is 13.8. The quantitative estimate of drug-likeness (QED) is 0.455. The molecule has 1 heterocycles. The molecule has 0 fully saturated rings. The van der Waals surface area contributed by atoms with Gasteiger partial charge >= 0.3 is 0 Å². The van der Waals surface area contributed by atoms with Crippen LogP contribution in [0.4, 0.5) is 0 Å². The number of halogens is 2. The second-order valence-electron chi connectivity index (χ2n) is 7.94. The molecule has 158 valence electrons. The lowest BCUT2D eigenvalue weighted by Crippen LogP contribution is -2.31. The summed E-state index contributed by atoms with van der Waals surface area (Å²) in [6.07, 6.45) is 0. The molecule has 0 atom stereocenters. The van der Waals surface area contributed by atoms with Crippen LogP contribution in [0.5, 0.6) is 5.75 Å². The molecular formula is C22H23BrClN3O3. The van der Waals surface area contributed by atoms with Crippen LogP contribution >= 0.6 is 27.5 Å². The molecule has 0 N–H and O–H groups in total. The van der Waals surface area contributed by atoms with Crippen LogP contribution in [0.1, 0.15) is 32.2 Å². The topological polar surface area (TPSA) is 68.5 Å². The van der Waals surface area contributed by atoms with Gasteiger partial charge in [0.1, 0.15) is 5.75 Å². The highest BCUT2D eigenvalue weighted by atomic mass is 79.9. The number of nitrogens with zero attached hydrogens (tertiary/aromatic N) is 3. The van der Waals surface area contributed by atoms with Crippen molar-refractivity contribution in [2.45, 2.75) is 32.7 Å². The lowest BCUT2D eigenvalue weighted by Gasteiger charge is -2.18. The van der Waals surface area contributed by atoms with Crippen LogP contribution in [-0.2, 0) is 16.8 Å². The van der Waals surface area contributed by atoms with Gasteiger partial charge in [-0.2, -0.15) is 0 Å². The van der Waals surface area contributed by atoms with E-state index in [1.54, 1.807) is 25.2 Å². The molecule has 3 rings (SSSR count). The zero-order valence-corrected chi connectivity index (χ0v) is 19.6. The van der Waals surface area contributed by atoms with Crippen molar-refractivity contribution in [1.29, 1.82) is 0 Å². The predicted octanol–water partition coefficient (Wildman–Crippen LogP) is 5.49. The van der Waals surface area contributed by atoms with E-state index in [1.807, 2.05) is 12.1 Å². The maximum Gasteiger partial charge on any atom is 0.260 e. The Hall–Kier alpha value is -2.38. The zero-order chi connectivity index (χ0) is 21.9. The summed E-state index contributed by atoms with van der Waals surface area (Å²) in [5.41, 5.74) is 2.13. The second kappa shape index (κ2) is 9.18. The van der Waals surface area contributed by atoms with Gasteiger partial charge in [0.25, 0.3) is 5.91 Å². The normalized spacial score (nSPS) is 11.4. The monoisotopic (exact) mass is 491 g/mol. The van der Waals surface area contributed by atoms with Crippen molar-refractivity contribution in [3.8, 4) is 17.2 Å². The molecule has 0 saturated heterocycles. The van der Waals surface area contributed by atoms with Crippen molar-refractivity contribution < 1.29 is 13.9 Å².